The molecule has 2 heterocycles. The molecule has 2 heteroatoms. The molecule has 0 fully saturated rings. The van der Waals surface area contributed by atoms with Crippen LogP contribution in [0.15, 0.2) is 87.7 Å². The van der Waals surface area contributed by atoms with Gasteiger partial charge in [0.05, 0.1) is 0 Å². The molecule has 128 valence electrons. The van der Waals surface area contributed by atoms with E-state index < -0.39 is 0 Å². The Bertz CT molecular complexity index is 1480. The number of aryl methyl sites for hydroxylation is 1. The van der Waals surface area contributed by atoms with Gasteiger partial charge in [0.2, 0.25) is 0 Å². The molecule has 6 rings (SSSR count). The van der Waals surface area contributed by atoms with Crippen LogP contribution in [0.2, 0.25) is 0 Å². The van der Waals surface area contributed by atoms with Gasteiger partial charge < -0.3 is 8.83 Å². The summed E-state index contributed by atoms with van der Waals surface area (Å²) in [7, 11) is 0. The third kappa shape index (κ3) is 2.01. The standard InChI is InChI=1S/C25H16O2/c1-15-10-12-17(24-19-7-3-5-9-22(19)27-25(15)24)16-11-13-23-20(14-16)18-6-2-4-8-21(18)26-23/h2-14H,1H3. The Hall–Kier alpha value is -3.52. The smallest absolute Gasteiger partial charge is 0.138 e. The SMILES string of the molecule is Cc1ccc(-c2ccc3oc4ccccc4c3c2)c2c1oc1ccccc12. The van der Waals surface area contributed by atoms with Gasteiger partial charge in [-0.15, -0.1) is 0 Å². The Kier molecular flexibility index (Phi) is 2.84. The molecule has 2 aromatic heterocycles. The number of benzene rings is 4. The van der Waals surface area contributed by atoms with Gasteiger partial charge in [-0.3, -0.25) is 0 Å². The average Bonchev–Trinajstić information content (AvgIpc) is 3.27. The fourth-order valence-corrected chi connectivity index (χ4v) is 4.09. The van der Waals surface area contributed by atoms with E-state index in [2.05, 4.69) is 61.5 Å². The van der Waals surface area contributed by atoms with Crippen molar-refractivity contribution in [1.82, 2.24) is 0 Å². The number of fused-ring (bicyclic) bond motifs is 6. The second-order valence-electron chi connectivity index (χ2n) is 7.04. The summed E-state index contributed by atoms with van der Waals surface area (Å²) in [5, 5.41) is 4.63. The van der Waals surface area contributed by atoms with Gasteiger partial charge in [-0.05, 0) is 47.9 Å². The molecule has 0 amide bonds. The highest BCUT2D eigenvalue weighted by Gasteiger charge is 2.15. The zero-order valence-corrected chi connectivity index (χ0v) is 14.8. The van der Waals surface area contributed by atoms with E-state index in [1.165, 1.54) is 16.5 Å². The second-order valence-corrected chi connectivity index (χ2v) is 7.04. The molecule has 0 N–H and O–H groups in total. The van der Waals surface area contributed by atoms with Crippen LogP contribution in [0.4, 0.5) is 0 Å². The predicted octanol–water partition coefficient (Wildman–Crippen LogP) is 7.46. The van der Waals surface area contributed by atoms with E-state index in [0.29, 0.717) is 0 Å². The molecule has 0 radical (unpaired) electrons. The van der Waals surface area contributed by atoms with Crippen molar-refractivity contribution in [3.05, 3.63) is 84.4 Å². The summed E-state index contributed by atoms with van der Waals surface area (Å²) in [5.74, 6) is 0. The number of furan rings is 2. The Morgan fingerprint density at radius 1 is 0.593 bits per heavy atom. The Morgan fingerprint density at radius 2 is 1.30 bits per heavy atom. The molecule has 6 aromatic rings. The zero-order valence-electron chi connectivity index (χ0n) is 14.8. The Labute approximate surface area is 155 Å². The quantitative estimate of drug-likeness (QED) is 0.308. The summed E-state index contributed by atoms with van der Waals surface area (Å²) >= 11 is 0. The lowest BCUT2D eigenvalue weighted by molar-refractivity contribution is 0.666. The first kappa shape index (κ1) is 14.6. The fraction of sp³-hybridized carbons (Fsp3) is 0.0400. The maximum absolute atomic E-state index is 6.17. The van der Waals surface area contributed by atoms with E-state index >= 15 is 0 Å². The van der Waals surface area contributed by atoms with Crippen molar-refractivity contribution >= 4 is 43.9 Å². The van der Waals surface area contributed by atoms with Crippen LogP contribution in [0, 0.1) is 6.92 Å². The maximum atomic E-state index is 6.17. The van der Waals surface area contributed by atoms with E-state index in [1.807, 2.05) is 24.3 Å². The van der Waals surface area contributed by atoms with Crippen LogP contribution in [0.25, 0.3) is 55.0 Å². The number of hydrogen-bond donors (Lipinski definition) is 0. The van der Waals surface area contributed by atoms with Crippen molar-refractivity contribution in [2.75, 3.05) is 0 Å². The van der Waals surface area contributed by atoms with E-state index in [0.717, 1.165) is 44.1 Å². The molecule has 27 heavy (non-hydrogen) atoms. The highest BCUT2D eigenvalue weighted by Crippen LogP contribution is 2.40. The van der Waals surface area contributed by atoms with Gasteiger partial charge in [-0.25, -0.2) is 0 Å². The lowest BCUT2D eigenvalue weighted by Crippen LogP contribution is -1.82. The Balaban J connectivity index is 1.72. The van der Waals surface area contributed by atoms with Gasteiger partial charge in [0, 0.05) is 21.5 Å². The first-order chi connectivity index (χ1) is 13.3. The average molecular weight is 348 g/mol. The summed E-state index contributed by atoms with van der Waals surface area (Å²) in [6.45, 7) is 2.10. The van der Waals surface area contributed by atoms with Crippen LogP contribution in [0.5, 0.6) is 0 Å². The van der Waals surface area contributed by atoms with Crippen molar-refractivity contribution < 1.29 is 8.83 Å². The first-order valence-electron chi connectivity index (χ1n) is 9.12. The molecule has 0 bridgehead atoms. The summed E-state index contributed by atoms with van der Waals surface area (Å²) < 4.78 is 12.2. The molecule has 2 nitrogen and oxygen atoms in total. The highest BCUT2D eigenvalue weighted by molar-refractivity contribution is 6.14. The van der Waals surface area contributed by atoms with Gasteiger partial charge in [0.25, 0.3) is 0 Å². The van der Waals surface area contributed by atoms with Crippen LogP contribution in [0.3, 0.4) is 0 Å². The molecule has 0 saturated carbocycles. The summed E-state index contributed by atoms with van der Waals surface area (Å²) in [4.78, 5) is 0. The molecule has 0 unspecified atom stereocenters. The van der Waals surface area contributed by atoms with E-state index in [1.54, 1.807) is 0 Å². The number of hydrogen-bond acceptors (Lipinski definition) is 2. The van der Waals surface area contributed by atoms with Gasteiger partial charge in [0.1, 0.15) is 22.3 Å². The van der Waals surface area contributed by atoms with E-state index in [4.69, 9.17) is 8.83 Å². The van der Waals surface area contributed by atoms with Crippen LogP contribution in [-0.4, -0.2) is 0 Å². The Morgan fingerprint density at radius 3 is 2.15 bits per heavy atom. The van der Waals surface area contributed by atoms with Gasteiger partial charge in [0.15, 0.2) is 0 Å². The number of rotatable bonds is 1. The fourth-order valence-electron chi connectivity index (χ4n) is 4.09. The minimum Gasteiger partial charge on any atom is -0.456 e. The van der Waals surface area contributed by atoms with Crippen molar-refractivity contribution in [1.29, 1.82) is 0 Å². The van der Waals surface area contributed by atoms with E-state index in [9.17, 15) is 0 Å². The predicted molar refractivity (Wildman–Crippen MR) is 111 cm³/mol. The number of para-hydroxylation sites is 2. The van der Waals surface area contributed by atoms with Crippen LogP contribution < -0.4 is 0 Å². The second kappa shape index (κ2) is 5.24. The molecule has 0 spiro atoms. The molecule has 0 aliphatic rings. The van der Waals surface area contributed by atoms with E-state index in [-0.39, 0.29) is 0 Å². The van der Waals surface area contributed by atoms with Gasteiger partial charge in [-0.1, -0.05) is 54.6 Å². The molecule has 0 saturated heterocycles. The van der Waals surface area contributed by atoms with Crippen molar-refractivity contribution in [2.45, 2.75) is 6.92 Å². The largest absolute Gasteiger partial charge is 0.456 e. The molecule has 0 aliphatic carbocycles. The summed E-state index contributed by atoms with van der Waals surface area (Å²) in [6.07, 6.45) is 0. The normalized spacial score (nSPS) is 11.9. The summed E-state index contributed by atoms with van der Waals surface area (Å²) in [6, 6.07) is 27.2. The maximum Gasteiger partial charge on any atom is 0.138 e. The van der Waals surface area contributed by atoms with Gasteiger partial charge >= 0.3 is 0 Å². The van der Waals surface area contributed by atoms with Crippen LogP contribution in [-0.2, 0) is 0 Å². The molecule has 4 aromatic carbocycles. The van der Waals surface area contributed by atoms with Crippen LogP contribution in [0.1, 0.15) is 5.56 Å². The van der Waals surface area contributed by atoms with Crippen molar-refractivity contribution in [2.24, 2.45) is 0 Å². The topological polar surface area (TPSA) is 26.3 Å². The van der Waals surface area contributed by atoms with Gasteiger partial charge in [-0.2, -0.15) is 0 Å². The molecular formula is C25H16O2. The monoisotopic (exact) mass is 348 g/mol. The third-order valence-electron chi connectivity index (χ3n) is 5.41. The molecule has 0 aliphatic heterocycles. The summed E-state index contributed by atoms with van der Waals surface area (Å²) in [5.41, 5.74) is 7.25. The minimum atomic E-state index is 0.917. The zero-order chi connectivity index (χ0) is 18.0. The van der Waals surface area contributed by atoms with Crippen LogP contribution >= 0.6 is 0 Å². The first-order valence-corrected chi connectivity index (χ1v) is 9.12. The minimum absolute atomic E-state index is 0.917. The lowest BCUT2D eigenvalue weighted by Gasteiger charge is -2.06. The molecule has 0 atom stereocenters. The molecular weight excluding hydrogens is 332 g/mol. The highest BCUT2D eigenvalue weighted by atomic mass is 16.3. The lowest BCUT2D eigenvalue weighted by atomic mass is 9.96. The van der Waals surface area contributed by atoms with Crippen molar-refractivity contribution in [3.63, 3.8) is 0 Å². The third-order valence-corrected chi connectivity index (χ3v) is 5.41. The van der Waals surface area contributed by atoms with Crippen molar-refractivity contribution in [3.8, 4) is 11.1 Å².